The van der Waals surface area contributed by atoms with Crippen LogP contribution in [0, 0.1) is 0 Å². The Hall–Kier alpha value is -2.96. The van der Waals surface area contributed by atoms with Crippen LogP contribution in [0.15, 0.2) is 59.5 Å². The van der Waals surface area contributed by atoms with Crippen LogP contribution in [0.3, 0.4) is 0 Å². The van der Waals surface area contributed by atoms with Crippen molar-refractivity contribution in [2.24, 2.45) is 0 Å². The van der Waals surface area contributed by atoms with Crippen LogP contribution < -0.4 is 5.32 Å². The molecule has 0 bridgehead atoms. The number of benzene rings is 2. The van der Waals surface area contributed by atoms with E-state index >= 15 is 0 Å². The third kappa shape index (κ3) is 5.51. The van der Waals surface area contributed by atoms with Gasteiger partial charge >= 0.3 is 12.1 Å². The highest BCUT2D eigenvalue weighted by molar-refractivity contribution is 7.89. The number of carbonyl (C=O) groups is 2. The summed E-state index contributed by atoms with van der Waals surface area (Å²) >= 11 is 0. The molecule has 2 aromatic rings. The molecular formula is C25H28F3N3O5S. The fourth-order valence-electron chi connectivity index (χ4n) is 4.99. The number of rotatable bonds is 7. The van der Waals surface area contributed by atoms with Crippen LogP contribution in [0.5, 0.6) is 0 Å². The van der Waals surface area contributed by atoms with Gasteiger partial charge in [-0.15, -0.1) is 0 Å². The first-order valence-electron chi connectivity index (χ1n) is 11.9. The molecule has 1 atom stereocenters. The van der Waals surface area contributed by atoms with Gasteiger partial charge in [0.2, 0.25) is 15.9 Å². The predicted octanol–water partition coefficient (Wildman–Crippen LogP) is 2.79. The zero-order chi connectivity index (χ0) is 26.8. The highest BCUT2D eigenvalue weighted by atomic mass is 32.2. The van der Waals surface area contributed by atoms with Crippen molar-refractivity contribution in [1.82, 2.24) is 14.5 Å². The molecule has 1 N–H and O–H groups in total. The summed E-state index contributed by atoms with van der Waals surface area (Å²) in [4.78, 5) is 26.3. The molecule has 1 spiro atoms. The van der Waals surface area contributed by atoms with Gasteiger partial charge in [-0.25, -0.2) is 8.42 Å². The summed E-state index contributed by atoms with van der Waals surface area (Å²) in [7, 11) is -4.46. The van der Waals surface area contributed by atoms with Gasteiger partial charge in [-0.3, -0.25) is 14.9 Å². The van der Waals surface area contributed by atoms with E-state index < -0.39 is 44.3 Å². The molecule has 0 radical (unpaired) electrons. The fourth-order valence-corrected chi connectivity index (χ4v) is 6.65. The maximum Gasteiger partial charge on any atom is 0.417 e. The van der Waals surface area contributed by atoms with Crippen LogP contribution in [0.2, 0.25) is 0 Å². The normalized spacial score (nSPS) is 20.4. The smallest absolute Gasteiger partial charge is 0.417 e. The number of ether oxygens (including phenoxy) is 1. The first kappa shape index (κ1) is 27.1. The molecule has 12 heteroatoms. The van der Waals surface area contributed by atoms with E-state index in [1.54, 1.807) is 6.92 Å². The number of amides is 1. The van der Waals surface area contributed by atoms with E-state index in [1.165, 1.54) is 11.0 Å². The summed E-state index contributed by atoms with van der Waals surface area (Å²) in [6, 6.07) is 12.7. The molecular weight excluding hydrogens is 511 g/mol. The second kappa shape index (κ2) is 10.4. The van der Waals surface area contributed by atoms with E-state index in [-0.39, 0.29) is 45.0 Å². The third-order valence-corrected chi connectivity index (χ3v) is 8.72. The molecule has 37 heavy (non-hydrogen) atoms. The summed E-state index contributed by atoms with van der Waals surface area (Å²) in [5.41, 5.74) is -1.35. The van der Waals surface area contributed by atoms with Gasteiger partial charge in [-0.2, -0.15) is 17.5 Å². The van der Waals surface area contributed by atoms with E-state index in [9.17, 15) is 31.2 Å². The monoisotopic (exact) mass is 539 g/mol. The van der Waals surface area contributed by atoms with E-state index in [2.05, 4.69) is 5.32 Å². The van der Waals surface area contributed by atoms with Crippen molar-refractivity contribution in [3.05, 3.63) is 65.7 Å². The van der Waals surface area contributed by atoms with E-state index in [0.717, 1.165) is 28.1 Å². The SMILES string of the molecule is CCOC(=O)CN1C(=O)C(Cc2ccccc2)NC12CCN(S(=O)(=O)c1ccccc1C(F)(F)F)CC2. The molecule has 2 aromatic carbocycles. The second-order valence-electron chi connectivity index (χ2n) is 9.05. The van der Waals surface area contributed by atoms with Gasteiger partial charge in [0.25, 0.3) is 0 Å². The minimum absolute atomic E-state index is 0.0941. The minimum Gasteiger partial charge on any atom is -0.465 e. The number of nitrogens with zero attached hydrogens (tertiary/aromatic N) is 2. The summed E-state index contributed by atoms with van der Waals surface area (Å²) in [5.74, 6) is -0.901. The van der Waals surface area contributed by atoms with Crippen LogP contribution >= 0.6 is 0 Å². The number of halogens is 3. The van der Waals surface area contributed by atoms with Crippen LogP contribution in [-0.2, 0) is 36.9 Å². The van der Waals surface area contributed by atoms with Crippen molar-refractivity contribution >= 4 is 21.9 Å². The Bertz CT molecular complexity index is 1250. The molecule has 1 amide bonds. The van der Waals surface area contributed by atoms with Crippen molar-refractivity contribution in [3.8, 4) is 0 Å². The highest BCUT2D eigenvalue weighted by Crippen LogP contribution is 2.38. The topological polar surface area (TPSA) is 96.0 Å². The quantitative estimate of drug-likeness (QED) is 0.544. The molecule has 2 saturated heterocycles. The molecule has 1 unspecified atom stereocenters. The number of carbonyl (C=O) groups excluding carboxylic acids is 2. The predicted molar refractivity (Wildman–Crippen MR) is 128 cm³/mol. The molecule has 2 aliphatic rings. The van der Waals surface area contributed by atoms with Gasteiger partial charge in [-0.1, -0.05) is 42.5 Å². The Morgan fingerprint density at radius 1 is 1.08 bits per heavy atom. The Labute approximate surface area is 213 Å². The van der Waals surface area contributed by atoms with Gasteiger partial charge in [-0.05, 0) is 43.9 Å². The number of hydrogen-bond donors (Lipinski definition) is 1. The summed E-state index contributed by atoms with van der Waals surface area (Å²) in [6.07, 6.45) is -4.28. The average molecular weight is 540 g/mol. The zero-order valence-corrected chi connectivity index (χ0v) is 21.0. The first-order valence-corrected chi connectivity index (χ1v) is 13.4. The van der Waals surface area contributed by atoms with Gasteiger partial charge in [0.15, 0.2) is 0 Å². The zero-order valence-electron chi connectivity index (χ0n) is 20.2. The van der Waals surface area contributed by atoms with Crippen molar-refractivity contribution in [3.63, 3.8) is 0 Å². The van der Waals surface area contributed by atoms with Crippen molar-refractivity contribution in [1.29, 1.82) is 0 Å². The largest absolute Gasteiger partial charge is 0.465 e. The molecule has 2 aliphatic heterocycles. The average Bonchev–Trinajstić information content (AvgIpc) is 3.09. The number of esters is 1. The molecule has 0 saturated carbocycles. The highest BCUT2D eigenvalue weighted by Gasteiger charge is 2.53. The summed E-state index contributed by atoms with van der Waals surface area (Å²) in [5, 5.41) is 3.32. The van der Waals surface area contributed by atoms with Gasteiger partial charge in [0.05, 0.1) is 28.8 Å². The maximum absolute atomic E-state index is 13.5. The lowest BCUT2D eigenvalue weighted by atomic mass is 9.97. The van der Waals surface area contributed by atoms with Crippen LogP contribution in [0.4, 0.5) is 13.2 Å². The number of hydrogen-bond acceptors (Lipinski definition) is 6. The molecule has 2 heterocycles. The Balaban J connectivity index is 1.58. The summed E-state index contributed by atoms with van der Waals surface area (Å²) < 4.78 is 73.0. The van der Waals surface area contributed by atoms with E-state index in [0.29, 0.717) is 6.42 Å². The van der Waals surface area contributed by atoms with E-state index in [4.69, 9.17) is 4.74 Å². The van der Waals surface area contributed by atoms with Gasteiger partial charge in [0, 0.05) is 13.1 Å². The maximum atomic E-state index is 13.5. The lowest BCUT2D eigenvalue weighted by Crippen LogP contribution is -2.60. The van der Waals surface area contributed by atoms with Crippen molar-refractivity contribution in [2.45, 2.75) is 49.0 Å². The molecule has 200 valence electrons. The lowest BCUT2D eigenvalue weighted by molar-refractivity contribution is -0.151. The number of alkyl halides is 3. The van der Waals surface area contributed by atoms with Crippen LogP contribution in [0.25, 0.3) is 0 Å². The number of sulfonamides is 1. The second-order valence-corrected chi connectivity index (χ2v) is 11.0. The first-order chi connectivity index (χ1) is 17.5. The standard InChI is InChI=1S/C25H28F3N3O5S/c1-2-36-22(32)17-31-23(33)20(16-18-8-4-3-5-9-18)29-24(31)12-14-30(15-13-24)37(34,35)21-11-7-6-10-19(21)25(26,27)28/h3-11,20,29H,2,12-17H2,1H3. The molecule has 2 fully saturated rings. The van der Waals surface area contributed by atoms with E-state index in [1.807, 2.05) is 30.3 Å². The summed E-state index contributed by atoms with van der Waals surface area (Å²) in [6.45, 7) is 1.21. The lowest BCUT2D eigenvalue weighted by Gasteiger charge is -2.43. The molecule has 4 rings (SSSR count). The van der Waals surface area contributed by atoms with Gasteiger partial charge < -0.3 is 9.64 Å². The minimum atomic E-state index is -4.83. The Morgan fingerprint density at radius 3 is 2.32 bits per heavy atom. The Morgan fingerprint density at radius 2 is 1.70 bits per heavy atom. The molecule has 0 aliphatic carbocycles. The Kier molecular flexibility index (Phi) is 7.63. The molecule has 0 aromatic heterocycles. The van der Waals surface area contributed by atoms with Crippen molar-refractivity contribution < 1.29 is 35.9 Å². The van der Waals surface area contributed by atoms with Crippen LogP contribution in [-0.4, -0.2) is 67.4 Å². The number of nitrogens with one attached hydrogen (secondary N) is 1. The molecule has 8 nitrogen and oxygen atoms in total. The fraction of sp³-hybridized carbons (Fsp3) is 0.440. The van der Waals surface area contributed by atoms with Crippen molar-refractivity contribution in [2.75, 3.05) is 26.2 Å². The number of piperidine rings is 1. The van der Waals surface area contributed by atoms with Crippen LogP contribution in [0.1, 0.15) is 30.9 Å². The van der Waals surface area contributed by atoms with Gasteiger partial charge in [0.1, 0.15) is 6.54 Å². The third-order valence-electron chi connectivity index (χ3n) is 6.76.